The molecule has 2 aromatic carbocycles. The first-order valence-corrected chi connectivity index (χ1v) is 10.5. The average Bonchev–Trinajstić information content (AvgIpc) is 2.85. The molecule has 36 heavy (non-hydrogen) atoms. The number of allylic oxidation sites excluding steroid dienone is 1. The largest absolute Gasteiger partial charge is 0.508 e. The summed E-state index contributed by atoms with van der Waals surface area (Å²) >= 11 is 0. The zero-order chi connectivity index (χ0) is 26.7. The van der Waals surface area contributed by atoms with Gasteiger partial charge in [-0.15, -0.1) is 0 Å². The molecule has 13 nitrogen and oxygen atoms in total. The van der Waals surface area contributed by atoms with Crippen molar-refractivity contribution in [1.29, 1.82) is 0 Å². The molecule has 0 aromatic heterocycles. The number of rotatable bonds is 8. The van der Waals surface area contributed by atoms with Crippen LogP contribution in [0.2, 0.25) is 0 Å². The molecule has 0 bridgehead atoms. The van der Waals surface area contributed by atoms with Gasteiger partial charge in [-0.1, -0.05) is 0 Å². The second-order valence-electron chi connectivity index (χ2n) is 7.78. The molecule has 196 valence electrons. The number of aromatic hydroxyl groups is 4. The van der Waals surface area contributed by atoms with Crippen molar-refractivity contribution in [3.05, 3.63) is 41.2 Å². The number of aliphatic hydroxyl groups excluding tert-OH is 4. The van der Waals surface area contributed by atoms with Crippen molar-refractivity contribution in [1.82, 2.24) is 0 Å². The lowest BCUT2D eigenvalue weighted by Crippen LogP contribution is -2.59. The molecule has 1 aliphatic rings. The van der Waals surface area contributed by atoms with Crippen molar-refractivity contribution in [3.8, 4) is 34.5 Å². The molecule has 2 aromatic rings. The molecule has 1 aliphatic heterocycles. The summed E-state index contributed by atoms with van der Waals surface area (Å²) in [5.74, 6) is -4.04. The first-order chi connectivity index (χ1) is 17.0. The maximum absolute atomic E-state index is 13.5. The van der Waals surface area contributed by atoms with Gasteiger partial charge < -0.3 is 59.8 Å². The van der Waals surface area contributed by atoms with Crippen LogP contribution >= 0.6 is 0 Å². The number of aliphatic hydroxyl groups is 4. The van der Waals surface area contributed by atoms with Crippen molar-refractivity contribution in [2.24, 2.45) is 0 Å². The third-order valence-corrected chi connectivity index (χ3v) is 5.45. The number of benzene rings is 2. The summed E-state index contributed by atoms with van der Waals surface area (Å²) in [6.07, 6.45) is -7.66. The van der Waals surface area contributed by atoms with E-state index in [-0.39, 0.29) is 22.6 Å². The van der Waals surface area contributed by atoms with E-state index < -0.39 is 71.9 Å². The molecular weight excluding hydrogens is 484 g/mol. The van der Waals surface area contributed by atoms with E-state index in [9.17, 15) is 45.6 Å². The average molecular weight is 510 g/mol. The topological polar surface area (TPSA) is 216 Å². The predicted octanol–water partition coefficient (Wildman–Crippen LogP) is -0.433. The standard InChI is InChI=1S/C23H26O13/c1-33-14-3-9(4-15(34-2)19(14)29)18(28)16(7-11-12(26)5-10(25)6-13(11)27)35-23-22(32)21(31)20(30)17(8-24)36-23/h3-7,17,20-27,29-32H,8H2,1-2H3/b16-7+/t17-,20-,21+,22-,23-/m1/s1. The Morgan fingerprint density at radius 3 is 1.97 bits per heavy atom. The van der Waals surface area contributed by atoms with Gasteiger partial charge >= 0.3 is 0 Å². The normalized spacial score (nSPS) is 24.3. The zero-order valence-electron chi connectivity index (χ0n) is 19.1. The summed E-state index contributed by atoms with van der Waals surface area (Å²) < 4.78 is 20.9. The number of Topliss-reactive ketones (excluding diaryl/α,β-unsaturated/α-hetero) is 1. The van der Waals surface area contributed by atoms with Gasteiger partial charge in [0.15, 0.2) is 17.3 Å². The molecular formula is C23H26O13. The molecule has 5 atom stereocenters. The lowest BCUT2D eigenvalue weighted by atomic mass is 9.99. The summed E-state index contributed by atoms with van der Waals surface area (Å²) in [5.41, 5.74) is -0.534. The number of phenolic OH excluding ortho intramolecular Hbond substituents is 4. The third kappa shape index (κ3) is 5.24. The van der Waals surface area contributed by atoms with Crippen LogP contribution in [-0.4, -0.2) is 98.2 Å². The lowest BCUT2D eigenvalue weighted by Gasteiger charge is -2.39. The van der Waals surface area contributed by atoms with Gasteiger partial charge in [-0.25, -0.2) is 0 Å². The summed E-state index contributed by atoms with van der Waals surface area (Å²) in [6, 6.07) is 4.05. The molecule has 1 saturated heterocycles. The highest BCUT2D eigenvalue weighted by molar-refractivity contribution is 6.10. The van der Waals surface area contributed by atoms with Gasteiger partial charge in [0.05, 0.1) is 26.4 Å². The summed E-state index contributed by atoms with van der Waals surface area (Å²) in [6.45, 7) is -0.760. The second-order valence-corrected chi connectivity index (χ2v) is 7.78. The Labute approximate surface area is 204 Å². The highest BCUT2D eigenvalue weighted by Gasteiger charge is 2.45. The predicted molar refractivity (Wildman–Crippen MR) is 120 cm³/mol. The smallest absolute Gasteiger partial charge is 0.229 e. The molecule has 0 unspecified atom stereocenters. The Hall–Kier alpha value is -3.75. The van der Waals surface area contributed by atoms with Crippen LogP contribution in [0.25, 0.3) is 6.08 Å². The van der Waals surface area contributed by atoms with E-state index in [2.05, 4.69) is 0 Å². The van der Waals surface area contributed by atoms with Crippen LogP contribution in [0.3, 0.4) is 0 Å². The van der Waals surface area contributed by atoms with Gasteiger partial charge in [0.25, 0.3) is 0 Å². The molecule has 0 aliphatic carbocycles. The molecule has 13 heteroatoms. The maximum Gasteiger partial charge on any atom is 0.229 e. The number of ether oxygens (including phenoxy) is 4. The van der Waals surface area contributed by atoms with Crippen LogP contribution in [-0.2, 0) is 9.47 Å². The van der Waals surface area contributed by atoms with Crippen LogP contribution in [0, 0.1) is 0 Å². The SMILES string of the molecule is COc1cc(C(=O)/C(=C\c2c(O)cc(O)cc2O)O[C@@H]2O[C@H](CO)[C@@H](O)[C@H](O)[C@H]2O)cc(OC)c1O. The van der Waals surface area contributed by atoms with Gasteiger partial charge in [0, 0.05) is 17.7 Å². The Kier molecular flexibility index (Phi) is 8.12. The van der Waals surface area contributed by atoms with E-state index >= 15 is 0 Å². The molecule has 0 radical (unpaired) electrons. The van der Waals surface area contributed by atoms with Crippen molar-refractivity contribution >= 4 is 11.9 Å². The van der Waals surface area contributed by atoms with Crippen molar-refractivity contribution in [2.75, 3.05) is 20.8 Å². The minimum Gasteiger partial charge on any atom is -0.508 e. The summed E-state index contributed by atoms with van der Waals surface area (Å²) in [5, 5.41) is 80.0. The van der Waals surface area contributed by atoms with Gasteiger partial charge in [-0.2, -0.15) is 0 Å². The van der Waals surface area contributed by atoms with Gasteiger partial charge in [-0.05, 0) is 18.2 Å². The number of hydrogen-bond donors (Lipinski definition) is 8. The molecule has 1 fully saturated rings. The lowest BCUT2D eigenvalue weighted by molar-refractivity contribution is -0.289. The maximum atomic E-state index is 13.5. The van der Waals surface area contributed by atoms with Gasteiger partial charge in [0.1, 0.15) is 41.7 Å². The van der Waals surface area contributed by atoms with Crippen molar-refractivity contribution < 1.29 is 64.6 Å². The highest BCUT2D eigenvalue weighted by atomic mass is 16.7. The minimum atomic E-state index is -1.88. The Bertz CT molecular complexity index is 1090. The van der Waals surface area contributed by atoms with E-state index in [0.29, 0.717) is 0 Å². The van der Waals surface area contributed by atoms with E-state index in [1.807, 2.05) is 0 Å². The quantitative estimate of drug-likeness (QED) is 0.129. The van der Waals surface area contributed by atoms with Crippen LogP contribution in [0.4, 0.5) is 0 Å². The van der Waals surface area contributed by atoms with Crippen molar-refractivity contribution in [2.45, 2.75) is 30.7 Å². The van der Waals surface area contributed by atoms with Crippen LogP contribution in [0.15, 0.2) is 30.0 Å². The molecule has 8 N–H and O–H groups in total. The van der Waals surface area contributed by atoms with E-state index in [0.717, 1.165) is 30.3 Å². The fourth-order valence-electron chi connectivity index (χ4n) is 3.50. The third-order valence-electron chi connectivity index (χ3n) is 5.45. The number of ketones is 1. The van der Waals surface area contributed by atoms with Crippen LogP contribution in [0.5, 0.6) is 34.5 Å². The van der Waals surface area contributed by atoms with Crippen LogP contribution in [0.1, 0.15) is 15.9 Å². The first kappa shape index (κ1) is 26.8. The number of phenols is 4. The molecule has 3 rings (SSSR count). The molecule has 0 saturated carbocycles. The van der Waals surface area contributed by atoms with Crippen LogP contribution < -0.4 is 9.47 Å². The Morgan fingerprint density at radius 1 is 0.917 bits per heavy atom. The fourth-order valence-corrected chi connectivity index (χ4v) is 3.50. The minimum absolute atomic E-state index is 0.139. The second kappa shape index (κ2) is 10.9. The van der Waals surface area contributed by atoms with E-state index in [1.165, 1.54) is 14.2 Å². The number of methoxy groups -OCH3 is 2. The first-order valence-electron chi connectivity index (χ1n) is 10.5. The molecule has 0 amide bonds. The summed E-state index contributed by atoms with van der Waals surface area (Å²) in [4.78, 5) is 13.5. The summed E-state index contributed by atoms with van der Waals surface area (Å²) in [7, 11) is 2.47. The monoisotopic (exact) mass is 510 g/mol. The Balaban J connectivity index is 2.12. The highest BCUT2D eigenvalue weighted by Crippen LogP contribution is 2.39. The van der Waals surface area contributed by atoms with Gasteiger partial charge in [0.2, 0.25) is 17.8 Å². The van der Waals surface area contributed by atoms with Crippen molar-refractivity contribution in [3.63, 3.8) is 0 Å². The van der Waals surface area contributed by atoms with Gasteiger partial charge in [-0.3, -0.25) is 4.79 Å². The number of carbonyl (C=O) groups excluding carboxylic acids is 1. The number of hydrogen-bond acceptors (Lipinski definition) is 13. The molecule has 0 spiro atoms. The number of carbonyl (C=O) groups is 1. The van der Waals surface area contributed by atoms with E-state index in [1.54, 1.807) is 0 Å². The van der Waals surface area contributed by atoms with E-state index in [4.69, 9.17) is 18.9 Å². The Morgan fingerprint density at radius 2 is 1.47 bits per heavy atom. The zero-order valence-corrected chi connectivity index (χ0v) is 19.1. The fraction of sp³-hybridized carbons (Fsp3) is 0.348. The molecule has 1 heterocycles.